The van der Waals surface area contributed by atoms with Crippen LogP contribution in [0.4, 0.5) is 0 Å². The lowest BCUT2D eigenvalue weighted by molar-refractivity contribution is 0.527. The van der Waals surface area contributed by atoms with Crippen molar-refractivity contribution >= 4 is 11.1 Å². The maximum atomic E-state index is 11.3. The molecule has 0 aliphatic carbocycles. The van der Waals surface area contributed by atoms with Crippen LogP contribution in [-0.4, -0.2) is 11.1 Å². The van der Waals surface area contributed by atoms with Gasteiger partial charge in [0.1, 0.15) is 0 Å². The van der Waals surface area contributed by atoms with Gasteiger partial charge in [-0.2, -0.15) is 0 Å². The highest BCUT2D eigenvalue weighted by Crippen LogP contribution is 2.25. The highest BCUT2D eigenvalue weighted by Gasteiger charge is 2.19. The molecule has 2 N–H and O–H groups in total. The summed E-state index contributed by atoms with van der Waals surface area (Å²) in [6.07, 6.45) is 0. The highest BCUT2D eigenvalue weighted by molar-refractivity contribution is 5.74. The number of benzene rings is 1. The van der Waals surface area contributed by atoms with Crippen molar-refractivity contribution in [3.8, 4) is 0 Å². The number of aromatic nitrogens is 1. The zero-order valence-electron chi connectivity index (χ0n) is 9.78. The van der Waals surface area contributed by atoms with Crippen molar-refractivity contribution in [1.29, 1.82) is 0 Å². The molecule has 86 valence electrons. The molecule has 4 nitrogen and oxygen atoms in total. The van der Waals surface area contributed by atoms with Gasteiger partial charge in [-0.05, 0) is 17.7 Å². The Kier molecular flexibility index (Phi) is 2.39. The summed E-state index contributed by atoms with van der Waals surface area (Å²) in [5, 5.41) is 0. The lowest BCUT2D eigenvalue weighted by Gasteiger charge is -2.22. The molecule has 0 spiro atoms. The normalized spacial score (nSPS) is 12.2. The monoisotopic (exact) mass is 220 g/mol. The van der Waals surface area contributed by atoms with Crippen molar-refractivity contribution in [2.24, 2.45) is 12.8 Å². The van der Waals surface area contributed by atoms with Crippen molar-refractivity contribution in [3.05, 3.63) is 34.3 Å². The summed E-state index contributed by atoms with van der Waals surface area (Å²) in [6, 6.07) is 5.74. The second-order valence-electron chi connectivity index (χ2n) is 4.70. The Morgan fingerprint density at radius 1 is 1.44 bits per heavy atom. The largest absolute Gasteiger partial charge is 0.419 e. The number of nitrogens with zero attached hydrogens (tertiary/aromatic N) is 1. The fourth-order valence-corrected chi connectivity index (χ4v) is 1.67. The predicted octanol–water partition coefficient (Wildman–Crippen LogP) is 1.37. The zero-order chi connectivity index (χ0) is 11.9. The molecular formula is C12H16N2O2. The number of rotatable bonds is 2. The molecule has 1 aromatic carbocycles. The van der Waals surface area contributed by atoms with Crippen LogP contribution in [0.1, 0.15) is 19.4 Å². The molecule has 0 unspecified atom stereocenters. The smallest absolute Gasteiger partial charge is 0.408 e. The molecule has 0 saturated heterocycles. The summed E-state index contributed by atoms with van der Waals surface area (Å²) in [4.78, 5) is 11.3. The summed E-state index contributed by atoms with van der Waals surface area (Å²) < 4.78 is 6.58. The Morgan fingerprint density at radius 2 is 2.12 bits per heavy atom. The third-order valence-electron chi connectivity index (χ3n) is 3.08. The maximum absolute atomic E-state index is 11.3. The Labute approximate surface area is 93.7 Å². The van der Waals surface area contributed by atoms with Crippen LogP contribution in [0.3, 0.4) is 0 Å². The number of oxazole rings is 1. The van der Waals surface area contributed by atoms with Crippen LogP contribution in [0, 0.1) is 0 Å². The van der Waals surface area contributed by atoms with E-state index in [1.807, 2.05) is 18.2 Å². The molecule has 0 atom stereocenters. The van der Waals surface area contributed by atoms with Crippen molar-refractivity contribution < 1.29 is 4.42 Å². The molecular weight excluding hydrogens is 204 g/mol. The number of fused-ring (bicyclic) bond motifs is 1. The molecule has 0 amide bonds. The van der Waals surface area contributed by atoms with Gasteiger partial charge in [0.05, 0.1) is 5.52 Å². The van der Waals surface area contributed by atoms with Gasteiger partial charge < -0.3 is 10.2 Å². The van der Waals surface area contributed by atoms with E-state index in [9.17, 15) is 4.79 Å². The lowest BCUT2D eigenvalue weighted by atomic mass is 9.85. The minimum atomic E-state index is -0.335. The average Bonchev–Trinajstić information content (AvgIpc) is 2.55. The van der Waals surface area contributed by atoms with Crippen LogP contribution in [-0.2, 0) is 12.5 Å². The molecule has 1 heterocycles. The first-order valence-corrected chi connectivity index (χ1v) is 5.26. The topological polar surface area (TPSA) is 61.2 Å². The number of aryl methyl sites for hydroxylation is 1. The molecule has 0 aliphatic heterocycles. The van der Waals surface area contributed by atoms with Gasteiger partial charge in [-0.25, -0.2) is 4.79 Å². The van der Waals surface area contributed by atoms with Crippen LogP contribution in [0.15, 0.2) is 27.4 Å². The fourth-order valence-electron chi connectivity index (χ4n) is 1.67. The van der Waals surface area contributed by atoms with E-state index in [0.717, 1.165) is 11.1 Å². The van der Waals surface area contributed by atoms with Crippen LogP contribution < -0.4 is 11.5 Å². The third kappa shape index (κ3) is 1.55. The van der Waals surface area contributed by atoms with Crippen LogP contribution >= 0.6 is 0 Å². The van der Waals surface area contributed by atoms with Gasteiger partial charge in [-0.1, -0.05) is 19.9 Å². The quantitative estimate of drug-likeness (QED) is 0.831. The summed E-state index contributed by atoms with van der Waals surface area (Å²) in [5.74, 6) is -0.335. The molecule has 16 heavy (non-hydrogen) atoms. The number of hydrogen-bond acceptors (Lipinski definition) is 3. The minimum absolute atomic E-state index is 0.0957. The van der Waals surface area contributed by atoms with Gasteiger partial charge in [0.2, 0.25) is 0 Å². The fraction of sp³-hybridized carbons (Fsp3) is 0.417. The number of hydrogen-bond donors (Lipinski definition) is 1. The zero-order valence-corrected chi connectivity index (χ0v) is 9.78. The van der Waals surface area contributed by atoms with E-state index < -0.39 is 0 Å². The first-order chi connectivity index (χ1) is 7.45. The average molecular weight is 220 g/mol. The molecule has 0 radical (unpaired) electrons. The Morgan fingerprint density at radius 3 is 2.75 bits per heavy atom. The van der Waals surface area contributed by atoms with Gasteiger partial charge in [0.25, 0.3) is 0 Å². The van der Waals surface area contributed by atoms with E-state index in [1.165, 1.54) is 4.57 Å². The highest BCUT2D eigenvalue weighted by atomic mass is 16.4. The van der Waals surface area contributed by atoms with E-state index in [1.54, 1.807) is 7.05 Å². The van der Waals surface area contributed by atoms with E-state index in [4.69, 9.17) is 10.2 Å². The van der Waals surface area contributed by atoms with E-state index in [-0.39, 0.29) is 11.2 Å². The molecule has 4 heteroatoms. The summed E-state index contributed by atoms with van der Waals surface area (Å²) in [6.45, 7) is 4.71. The van der Waals surface area contributed by atoms with Crippen molar-refractivity contribution in [1.82, 2.24) is 4.57 Å². The van der Waals surface area contributed by atoms with Crippen molar-refractivity contribution in [3.63, 3.8) is 0 Å². The van der Waals surface area contributed by atoms with Gasteiger partial charge >= 0.3 is 5.76 Å². The maximum Gasteiger partial charge on any atom is 0.419 e. The standard InChI is InChI=1S/C12H16N2O2/c1-12(2,7-13)8-4-5-10-9(6-8)14(3)11(15)16-10/h4-6H,7,13H2,1-3H3. The molecule has 0 saturated carbocycles. The Hall–Kier alpha value is -1.55. The van der Waals surface area contributed by atoms with Crippen molar-refractivity contribution in [2.45, 2.75) is 19.3 Å². The number of nitrogens with two attached hydrogens (primary N) is 1. The molecule has 1 aromatic heterocycles. The van der Waals surface area contributed by atoms with Gasteiger partial charge in [0.15, 0.2) is 5.58 Å². The molecule has 0 aliphatic rings. The van der Waals surface area contributed by atoms with Crippen molar-refractivity contribution in [2.75, 3.05) is 6.54 Å². The molecule has 2 aromatic rings. The lowest BCUT2D eigenvalue weighted by Crippen LogP contribution is -2.28. The first kappa shape index (κ1) is 11.0. The Balaban J connectivity index is 2.68. The summed E-state index contributed by atoms with van der Waals surface area (Å²) >= 11 is 0. The van der Waals surface area contributed by atoms with E-state index >= 15 is 0 Å². The first-order valence-electron chi connectivity index (χ1n) is 5.26. The van der Waals surface area contributed by atoms with Gasteiger partial charge in [-0.15, -0.1) is 0 Å². The molecule has 2 rings (SSSR count). The SMILES string of the molecule is Cn1c(=O)oc2ccc(C(C)(C)CN)cc21. The van der Waals surface area contributed by atoms with Crippen LogP contribution in [0.25, 0.3) is 11.1 Å². The third-order valence-corrected chi connectivity index (χ3v) is 3.08. The second-order valence-corrected chi connectivity index (χ2v) is 4.70. The van der Waals surface area contributed by atoms with Crippen LogP contribution in [0.2, 0.25) is 0 Å². The molecule has 0 fully saturated rings. The van der Waals surface area contributed by atoms with E-state index in [2.05, 4.69) is 13.8 Å². The molecule has 0 bridgehead atoms. The summed E-state index contributed by atoms with van der Waals surface area (Å²) in [5.41, 5.74) is 8.17. The second kappa shape index (κ2) is 3.49. The van der Waals surface area contributed by atoms with Gasteiger partial charge in [0, 0.05) is 19.0 Å². The predicted molar refractivity (Wildman–Crippen MR) is 63.5 cm³/mol. The minimum Gasteiger partial charge on any atom is -0.408 e. The Bertz CT molecular complexity index is 578. The van der Waals surface area contributed by atoms with Gasteiger partial charge in [-0.3, -0.25) is 4.57 Å². The summed E-state index contributed by atoms with van der Waals surface area (Å²) in [7, 11) is 1.70. The van der Waals surface area contributed by atoms with Crippen LogP contribution in [0.5, 0.6) is 0 Å². The van der Waals surface area contributed by atoms with E-state index in [0.29, 0.717) is 12.1 Å².